The Morgan fingerprint density at radius 3 is 2.68 bits per heavy atom. The van der Waals surface area contributed by atoms with Crippen molar-refractivity contribution in [3.63, 3.8) is 0 Å². The zero-order chi connectivity index (χ0) is 13.2. The molecule has 1 N–H and O–H groups in total. The van der Waals surface area contributed by atoms with Crippen LogP contribution in [0.1, 0.15) is 35.6 Å². The Morgan fingerprint density at radius 1 is 1.21 bits per heavy atom. The van der Waals surface area contributed by atoms with E-state index in [1.54, 1.807) is 0 Å². The van der Waals surface area contributed by atoms with Crippen molar-refractivity contribution in [2.24, 2.45) is 0 Å². The van der Waals surface area contributed by atoms with Gasteiger partial charge < -0.3 is 5.32 Å². The maximum Gasteiger partial charge on any atom is 0.0648 e. The average Bonchev–Trinajstić information content (AvgIpc) is 2.83. The molecule has 3 nitrogen and oxygen atoms in total. The van der Waals surface area contributed by atoms with Crippen molar-refractivity contribution in [2.75, 3.05) is 13.1 Å². The highest BCUT2D eigenvalue weighted by atomic mass is 15.3. The van der Waals surface area contributed by atoms with Crippen LogP contribution in [0.5, 0.6) is 0 Å². The summed E-state index contributed by atoms with van der Waals surface area (Å²) in [5, 5.41) is 8.06. The quantitative estimate of drug-likeness (QED) is 0.894. The summed E-state index contributed by atoms with van der Waals surface area (Å²) >= 11 is 0. The van der Waals surface area contributed by atoms with E-state index in [9.17, 15) is 0 Å². The summed E-state index contributed by atoms with van der Waals surface area (Å²) in [4.78, 5) is 0. The van der Waals surface area contributed by atoms with Crippen molar-refractivity contribution >= 4 is 0 Å². The largest absolute Gasteiger partial charge is 0.316 e. The number of nitrogens with one attached hydrogen (secondary N) is 1. The second-order valence-corrected chi connectivity index (χ2v) is 5.48. The van der Waals surface area contributed by atoms with E-state index in [0.717, 1.165) is 18.8 Å². The van der Waals surface area contributed by atoms with Crippen LogP contribution in [0.25, 0.3) is 5.69 Å². The van der Waals surface area contributed by atoms with E-state index in [4.69, 9.17) is 0 Å². The molecule has 1 aromatic heterocycles. The van der Waals surface area contributed by atoms with Crippen LogP contribution in [0.3, 0.4) is 0 Å². The molecule has 2 heterocycles. The minimum atomic E-state index is 0.618. The molecule has 1 unspecified atom stereocenters. The van der Waals surface area contributed by atoms with Gasteiger partial charge in [-0.3, -0.25) is 0 Å². The summed E-state index contributed by atoms with van der Waals surface area (Å²) in [6.45, 7) is 6.53. The Kier molecular flexibility index (Phi) is 3.38. The van der Waals surface area contributed by atoms with E-state index >= 15 is 0 Å². The zero-order valence-corrected chi connectivity index (χ0v) is 11.7. The maximum atomic E-state index is 4.58. The van der Waals surface area contributed by atoms with Gasteiger partial charge in [-0.05, 0) is 56.8 Å². The van der Waals surface area contributed by atoms with Gasteiger partial charge in [-0.25, -0.2) is 4.68 Å². The zero-order valence-electron chi connectivity index (χ0n) is 11.7. The standard InChI is InChI=1S/C16H21N3/c1-12-5-7-15(8-6-12)19-13(2)16(11-18-19)14-4-3-9-17-10-14/h5-8,11,14,17H,3-4,9-10H2,1-2H3. The van der Waals surface area contributed by atoms with E-state index < -0.39 is 0 Å². The molecule has 19 heavy (non-hydrogen) atoms. The monoisotopic (exact) mass is 255 g/mol. The van der Waals surface area contributed by atoms with Crippen molar-refractivity contribution in [3.8, 4) is 5.69 Å². The van der Waals surface area contributed by atoms with Gasteiger partial charge in [-0.2, -0.15) is 5.10 Å². The van der Waals surface area contributed by atoms with E-state index in [1.165, 1.54) is 29.7 Å². The summed E-state index contributed by atoms with van der Waals surface area (Å²) in [6.07, 6.45) is 4.58. The van der Waals surface area contributed by atoms with Gasteiger partial charge in [0.25, 0.3) is 0 Å². The maximum absolute atomic E-state index is 4.58. The van der Waals surface area contributed by atoms with Crippen molar-refractivity contribution in [1.29, 1.82) is 0 Å². The minimum absolute atomic E-state index is 0.618. The Balaban J connectivity index is 1.91. The summed E-state index contributed by atoms with van der Waals surface area (Å²) in [5.41, 5.74) is 5.11. The van der Waals surface area contributed by atoms with Crippen LogP contribution in [0.4, 0.5) is 0 Å². The first kappa shape index (κ1) is 12.4. The van der Waals surface area contributed by atoms with Gasteiger partial charge >= 0.3 is 0 Å². The van der Waals surface area contributed by atoms with Gasteiger partial charge in [0.2, 0.25) is 0 Å². The molecule has 0 saturated carbocycles. The lowest BCUT2D eigenvalue weighted by molar-refractivity contribution is 0.460. The van der Waals surface area contributed by atoms with Crippen LogP contribution >= 0.6 is 0 Å². The van der Waals surface area contributed by atoms with Crippen molar-refractivity contribution in [1.82, 2.24) is 15.1 Å². The van der Waals surface area contributed by atoms with Gasteiger partial charge in [0, 0.05) is 12.2 Å². The molecule has 0 amide bonds. The van der Waals surface area contributed by atoms with Crippen LogP contribution in [-0.4, -0.2) is 22.9 Å². The summed E-state index contributed by atoms with van der Waals surface area (Å²) < 4.78 is 2.06. The van der Waals surface area contributed by atoms with Crippen molar-refractivity contribution < 1.29 is 0 Å². The predicted molar refractivity (Wildman–Crippen MR) is 77.9 cm³/mol. The summed E-state index contributed by atoms with van der Waals surface area (Å²) in [6, 6.07) is 8.55. The fourth-order valence-corrected chi connectivity index (χ4v) is 2.89. The Bertz CT molecular complexity index is 548. The number of benzene rings is 1. The fourth-order valence-electron chi connectivity index (χ4n) is 2.89. The third-order valence-electron chi connectivity index (χ3n) is 4.06. The molecule has 2 aromatic rings. The van der Waals surface area contributed by atoms with Gasteiger partial charge in [0.1, 0.15) is 0 Å². The van der Waals surface area contributed by atoms with E-state index in [1.807, 2.05) is 6.20 Å². The molecule has 0 spiro atoms. The molecule has 1 aromatic carbocycles. The molecule has 1 aliphatic heterocycles. The predicted octanol–water partition coefficient (Wildman–Crippen LogP) is 2.96. The number of aryl methyl sites for hydroxylation is 1. The normalized spacial score (nSPS) is 19.6. The second kappa shape index (κ2) is 5.17. The number of nitrogens with zero attached hydrogens (tertiary/aromatic N) is 2. The second-order valence-electron chi connectivity index (χ2n) is 5.48. The highest BCUT2D eigenvalue weighted by molar-refractivity contribution is 5.37. The average molecular weight is 255 g/mol. The Labute approximate surface area is 114 Å². The molecule has 1 saturated heterocycles. The first-order valence-corrected chi connectivity index (χ1v) is 7.08. The number of piperidine rings is 1. The lowest BCUT2D eigenvalue weighted by Gasteiger charge is -2.22. The van der Waals surface area contributed by atoms with Crippen LogP contribution in [0.15, 0.2) is 30.5 Å². The van der Waals surface area contributed by atoms with E-state index in [2.05, 4.69) is 53.2 Å². The van der Waals surface area contributed by atoms with Crippen LogP contribution in [0, 0.1) is 13.8 Å². The molecule has 0 radical (unpaired) electrons. The minimum Gasteiger partial charge on any atom is -0.316 e. The topological polar surface area (TPSA) is 29.9 Å². The van der Waals surface area contributed by atoms with Crippen LogP contribution < -0.4 is 5.32 Å². The molecule has 1 aliphatic rings. The number of rotatable bonds is 2. The molecule has 3 rings (SSSR count). The van der Waals surface area contributed by atoms with E-state index in [-0.39, 0.29) is 0 Å². The number of aromatic nitrogens is 2. The molecule has 100 valence electrons. The number of hydrogen-bond acceptors (Lipinski definition) is 2. The highest BCUT2D eigenvalue weighted by Gasteiger charge is 2.20. The lowest BCUT2D eigenvalue weighted by atomic mass is 9.92. The van der Waals surface area contributed by atoms with Gasteiger partial charge in [-0.15, -0.1) is 0 Å². The Morgan fingerprint density at radius 2 is 2.00 bits per heavy atom. The van der Waals surface area contributed by atoms with Gasteiger partial charge in [0.05, 0.1) is 11.9 Å². The Hall–Kier alpha value is -1.61. The lowest BCUT2D eigenvalue weighted by Crippen LogP contribution is -2.28. The first-order valence-electron chi connectivity index (χ1n) is 7.08. The molecule has 0 bridgehead atoms. The summed E-state index contributed by atoms with van der Waals surface area (Å²) in [7, 11) is 0. The van der Waals surface area contributed by atoms with Crippen molar-refractivity contribution in [3.05, 3.63) is 47.3 Å². The number of hydrogen-bond donors (Lipinski definition) is 1. The van der Waals surface area contributed by atoms with E-state index in [0.29, 0.717) is 5.92 Å². The SMILES string of the molecule is Cc1ccc(-n2ncc(C3CCCNC3)c2C)cc1. The van der Waals surface area contributed by atoms with Crippen LogP contribution in [-0.2, 0) is 0 Å². The third-order valence-corrected chi connectivity index (χ3v) is 4.06. The highest BCUT2D eigenvalue weighted by Crippen LogP contribution is 2.27. The van der Waals surface area contributed by atoms with Gasteiger partial charge in [0.15, 0.2) is 0 Å². The first-order chi connectivity index (χ1) is 9.25. The molecule has 3 heteroatoms. The van der Waals surface area contributed by atoms with Gasteiger partial charge in [-0.1, -0.05) is 17.7 Å². The summed E-state index contributed by atoms with van der Waals surface area (Å²) in [5.74, 6) is 0.618. The molecule has 0 aliphatic carbocycles. The molecular weight excluding hydrogens is 234 g/mol. The molecule has 1 atom stereocenters. The molecular formula is C16H21N3. The smallest absolute Gasteiger partial charge is 0.0648 e. The van der Waals surface area contributed by atoms with Crippen molar-refractivity contribution in [2.45, 2.75) is 32.6 Å². The fraction of sp³-hybridized carbons (Fsp3) is 0.438. The third kappa shape index (κ3) is 2.43. The molecule has 1 fully saturated rings. The van der Waals surface area contributed by atoms with Crippen LogP contribution in [0.2, 0.25) is 0 Å².